The number of sulfonamides is 1. The van der Waals surface area contributed by atoms with Gasteiger partial charge in [0.2, 0.25) is 10.0 Å². The normalized spacial score (nSPS) is 13.2. The van der Waals surface area contributed by atoms with Crippen molar-refractivity contribution in [3.05, 3.63) is 42.2 Å². The molecule has 0 spiro atoms. The van der Waals surface area contributed by atoms with Gasteiger partial charge in [-0.3, -0.25) is 4.68 Å². The molecular formula is C13H18N4O3S. The number of hydrogen-bond donors (Lipinski definition) is 2. The average molecular weight is 310 g/mol. The molecule has 0 aliphatic heterocycles. The standard InChI is InChI=1S/C13H18N4O3S/c1-11(18)12-4-2-5-13(10-12)21(19,20)15-6-3-8-17-9-7-14-16-17/h2,4-5,7,9-11,15,18H,3,6,8H2,1H3. The summed E-state index contributed by atoms with van der Waals surface area (Å²) in [6, 6.07) is 6.29. The van der Waals surface area contributed by atoms with Crippen LogP contribution in [0.25, 0.3) is 0 Å². The monoisotopic (exact) mass is 310 g/mol. The summed E-state index contributed by atoms with van der Waals surface area (Å²) in [7, 11) is -3.56. The molecular weight excluding hydrogens is 292 g/mol. The molecule has 1 heterocycles. The molecule has 0 aliphatic carbocycles. The van der Waals surface area contributed by atoms with Gasteiger partial charge in [-0.15, -0.1) is 5.10 Å². The van der Waals surface area contributed by atoms with Crippen molar-refractivity contribution in [3.63, 3.8) is 0 Å². The number of aliphatic hydroxyl groups excluding tert-OH is 1. The Morgan fingerprint density at radius 1 is 1.43 bits per heavy atom. The first-order chi connectivity index (χ1) is 9.99. The minimum absolute atomic E-state index is 0.154. The van der Waals surface area contributed by atoms with E-state index in [1.54, 1.807) is 36.1 Å². The quantitative estimate of drug-likeness (QED) is 0.734. The molecule has 0 fully saturated rings. The fraction of sp³-hybridized carbons (Fsp3) is 0.385. The van der Waals surface area contributed by atoms with E-state index in [0.29, 0.717) is 25.1 Å². The van der Waals surface area contributed by atoms with E-state index in [2.05, 4.69) is 15.0 Å². The second-order valence-electron chi connectivity index (χ2n) is 4.67. The Balaban J connectivity index is 1.93. The number of aromatic nitrogens is 3. The second-order valence-corrected chi connectivity index (χ2v) is 6.43. The first kappa shape index (κ1) is 15.6. The van der Waals surface area contributed by atoms with Gasteiger partial charge in [0.1, 0.15) is 0 Å². The van der Waals surface area contributed by atoms with Crippen molar-refractivity contribution in [2.75, 3.05) is 6.54 Å². The largest absolute Gasteiger partial charge is 0.389 e. The summed E-state index contributed by atoms with van der Waals surface area (Å²) in [5, 5.41) is 17.0. The summed E-state index contributed by atoms with van der Waals surface area (Å²) < 4.78 is 28.5. The van der Waals surface area contributed by atoms with Gasteiger partial charge in [0.05, 0.1) is 17.2 Å². The maximum absolute atomic E-state index is 12.1. The van der Waals surface area contributed by atoms with Crippen molar-refractivity contribution < 1.29 is 13.5 Å². The third-order valence-corrected chi connectivity index (χ3v) is 4.44. The summed E-state index contributed by atoms with van der Waals surface area (Å²) >= 11 is 0. The van der Waals surface area contributed by atoms with Gasteiger partial charge >= 0.3 is 0 Å². The Kier molecular flexibility index (Phi) is 5.05. The molecule has 1 atom stereocenters. The van der Waals surface area contributed by atoms with Crippen LogP contribution in [0, 0.1) is 0 Å². The van der Waals surface area contributed by atoms with Gasteiger partial charge in [0, 0.05) is 19.3 Å². The summed E-state index contributed by atoms with van der Waals surface area (Å²) in [5.41, 5.74) is 0.570. The number of rotatable bonds is 7. The number of nitrogens with zero attached hydrogens (tertiary/aromatic N) is 3. The predicted octanol–water partition coefficient (Wildman–Crippen LogP) is 0.700. The average Bonchev–Trinajstić information content (AvgIpc) is 2.97. The first-order valence-electron chi connectivity index (χ1n) is 6.61. The summed E-state index contributed by atoms with van der Waals surface area (Å²) in [5.74, 6) is 0. The lowest BCUT2D eigenvalue weighted by atomic mass is 10.1. The third-order valence-electron chi connectivity index (χ3n) is 2.98. The highest BCUT2D eigenvalue weighted by Crippen LogP contribution is 2.16. The molecule has 0 bridgehead atoms. The van der Waals surface area contributed by atoms with Crippen molar-refractivity contribution in [2.45, 2.75) is 30.9 Å². The maximum atomic E-state index is 12.1. The van der Waals surface area contributed by atoms with E-state index >= 15 is 0 Å². The van der Waals surface area contributed by atoms with Crippen molar-refractivity contribution in [3.8, 4) is 0 Å². The highest BCUT2D eigenvalue weighted by Gasteiger charge is 2.14. The smallest absolute Gasteiger partial charge is 0.240 e. The molecule has 114 valence electrons. The second kappa shape index (κ2) is 6.79. The molecule has 8 heteroatoms. The van der Waals surface area contributed by atoms with Crippen LogP contribution in [-0.4, -0.2) is 35.1 Å². The van der Waals surface area contributed by atoms with Gasteiger partial charge in [-0.2, -0.15) is 0 Å². The van der Waals surface area contributed by atoms with Crippen LogP contribution in [0.3, 0.4) is 0 Å². The number of nitrogens with one attached hydrogen (secondary N) is 1. The molecule has 1 aromatic carbocycles. The molecule has 2 N–H and O–H groups in total. The molecule has 0 radical (unpaired) electrons. The summed E-state index contributed by atoms with van der Waals surface area (Å²) in [6.07, 6.45) is 3.21. The summed E-state index contributed by atoms with van der Waals surface area (Å²) in [6.45, 7) is 2.49. The van der Waals surface area contributed by atoms with Gasteiger partial charge in [0.15, 0.2) is 0 Å². The molecule has 0 aliphatic rings. The molecule has 21 heavy (non-hydrogen) atoms. The van der Waals surface area contributed by atoms with E-state index < -0.39 is 16.1 Å². The van der Waals surface area contributed by atoms with E-state index in [-0.39, 0.29) is 4.90 Å². The SMILES string of the molecule is CC(O)c1cccc(S(=O)(=O)NCCCn2ccnn2)c1. The van der Waals surface area contributed by atoms with Gasteiger partial charge in [-0.05, 0) is 31.0 Å². The lowest BCUT2D eigenvalue weighted by Crippen LogP contribution is -2.25. The predicted molar refractivity (Wildman–Crippen MR) is 76.9 cm³/mol. The van der Waals surface area contributed by atoms with E-state index in [9.17, 15) is 13.5 Å². The molecule has 0 saturated carbocycles. The van der Waals surface area contributed by atoms with Crippen LogP contribution in [0.4, 0.5) is 0 Å². The summed E-state index contributed by atoms with van der Waals surface area (Å²) in [4.78, 5) is 0.154. The molecule has 0 amide bonds. The zero-order valence-corrected chi connectivity index (χ0v) is 12.5. The van der Waals surface area contributed by atoms with Gasteiger partial charge in [-0.25, -0.2) is 13.1 Å². The Bertz CT molecular complexity index is 668. The van der Waals surface area contributed by atoms with E-state index in [0.717, 1.165) is 0 Å². The van der Waals surface area contributed by atoms with Crippen LogP contribution < -0.4 is 4.72 Å². The highest BCUT2D eigenvalue weighted by molar-refractivity contribution is 7.89. The van der Waals surface area contributed by atoms with E-state index in [1.807, 2.05) is 0 Å². The number of aryl methyl sites for hydroxylation is 1. The Morgan fingerprint density at radius 3 is 2.90 bits per heavy atom. The van der Waals surface area contributed by atoms with Crippen LogP contribution in [-0.2, 0) is 16.6 Å². The van der Waals surface area contributed by atoms with Gasteiger partial charge in [-0.1, -0.05) is 17.3 Å². The molecule has 0 saturated heterocycles. The van der Waals surface area contributed by atoms with Crippen LogP contribution in [0.1, 0.15) is 25.0 Å². The zero-order chi connectivity index (χ0) is 15.3. The zero-order valence-electron chi connectivity index (χ0n) is 11.7. The van der Waals surface area contributed by atoms with E-state index in [4.69, 9.17) is 0 Å². The van der Waals surface area contributed by atoms with Crippen molar-refractivity contribution in [1.82, 2.24) is 19.7 Å². The molecule has 2 rings (SSSR count). The minimum Gasteiger partial charge on any atom is -0.389 e. The van der Waals surface area contributed by atoms with Crippen LogP contribution in [0.5, 0.6) is 0 Å². The number of aliphatic hydroxyl groups is 1. The van der Waals surface area contributed by atoms with Crippen molar-refractivity contribution >= 4 is 10.0 Å². The maximum Gasteiger partial charge on any atom is 0.240 e. The van der Waals surface area contributed by atoms with Crippen molar-refractivity contribution in [1.29, 1.82) is 0 Å². The van der Waals surface area contributed by atoms with Crippen molar-refractivity contribution in [2.24, 2.45) is 0 Å². The fourth-order valence-electron chi connectivity index (χ4n) is 1.82. The Labute approximate surface area is 123 Å². The lowest BCUT2D eigenvalue weighted by molar-refractivity contribution is 0.199. The topological polar surface area (TPSA) is 97.1 Å². The van der Waals surface area contributed by atoms with E-state index in [1.165, 1.54) is 12.1 Å². The lowest BCUT2D eigenvalue weighted by Gasteiger charge is -2.09. The van der Waals surface area contributed by atoms with Gasteiger partial charge < -0.3 is 5.11 Å². The molecule has 2 aromatic rings. The Morgan fingerprint density at radius 2 is 2.24 bits per heavy atom. The number of hydrogen-bond acceptors (Lipinski definition) is 5. The van der Waals surface area contributed by atoms with Gasteiger partial charge in [0.25, 0.3) is 0 Å². The minimum atomic E-state index is -3.56. The van der Waals surface area contributed by atoms with Crippen LogP contribution in [0.2, 0.25) is 0 Å². The number of benzene rings is 1. The fourth-order valence-corrected chi connectivity index (χ4v) is 2.95. The molecule has 1 unspecified atom stereocenters. The van der Waals surface area contributed by atoms with Crippen LogP contribution in [0.15, 0.2) is 41.6 Å². The molecule has 7 nitrogen and oxygen atoms in total. The highest BCUT2D eigenvalue weighted by atomic mass is 32.2. The molecule has 1 aromatic heterocycles. The Hall–Kier alpha value is -1.77. The van der Waals surface area contributed by atoms with Crippen LogP contribution >= 0.6 is 0 Å². The first-order valence-corrected chi connectivity index (χ1v) is 8.09. The third kappa shape index (κ3) is 4.35.